The lowest BCUT2D eigenvalue weighted by Gasteiger charge is -2.21. The molecule has 2 atom stereocenters. The summed E-state index contributed by atoms with van der Waals surface area (Å²) in [5.74, 6) is -0.186. The number of hydrogen-bond acceptors (Lipinski definition) is 4. The van der Waals surface area contributed by atoms with E-state index in [1.165, 1.54) is 0 Å². The third-order valence-electron chi connectivity index (χ3n) is 2.70. The Morgan fingerprint density at radius 3 is 2.84 bits per heavy atom. The maximum atomic E-state index is 10.8. The minimum Gasteiger partial charge on any atom is -0.479 e. The van der Waals surface area contributed by atoms with E-state index in [4.69, 9.17) is 25.7 Å². The third-order valence-corrected chi connectivity index (χ3v) is 2.70. The van der Waals surface area contributed by atoms with Crippen molar-refractivity contribution in [3.05, 3.63) is 35.9 Å². The molecule has 1 fully saturated rings. The van der Waals surface area contributed by atoms with Crippen LogP contribution in [0, 0.1) is 12.3 Å². The summed E-state index contributed by atoms with van der Waals surface area (Å²) in [6.07, 6.45) is 4.29. The largest absolute Gasteiger partial charge is 0.479 e. The summed E-state index contributed by atoms with van der Waals surface area (Å²) in [4.78, 5) is 10.8. The Morgan fingerprint density at radius 2 is 2.26 bits per heavy atom. The fourth-order valence-electron chi connectivity index (χ4n) is 1.70. The molecule has 0 unspecified atom stereocenters. The average Bonchev–Trinajstić information content (AvgIpc) is 2.85. The zero-order chi connectivity index (χ0) is 13.7. The Bertz CT molecular complexity index is 478. The van der Waals surface area contributed by atoms with Crippen molar-refractivity contribution in [2.24, 2.45) is 0 Å². The molecule has 0 bridgehead atoms. The molecular weight excluding hydrogens is 248 g/mol. The first-order chi connectivity index (χ1) is 9.15. The van der Waals surface area contributed by atoms with Crippen molar-refractivity contribution in [3.8, 4) is 12.3 Å². The number of ether oxygens (including phenoxy) is 3. The molecule has 1 aromatic rings. The molecule has 0 spiro atoms. The van der Waals surface area contributed by atoms with Crippen molar-refractivity contribution < 1.29 is 24.1 Å². The minimum absolute atomic E-state index is 0.0117. The van der Waals surface area contributed by atoms with Gasteiger partial charge in [-0.05, 0) is 11.5 Å². The van der Waals surface area contributed by atoms with Crippen LogP contribution < -0.4 is 0 Å². The van der Waals surface area contributed by atoms with E-state index in [9.17, 15) is 4.79 Å². The Hall–Kier alpha value is -1.87. The first kappa shape index (κ1) is 13.6. The highest BCUT2D eigenvalue weighted by atomic mass is 16.8. The monoisotopic (exact) mass is 262 g/mol. The zero-order valence-corrected chi connectivity index (χ0v) is 10.2. The van der Waals surface area contributed by atoms with Gasteiger partial charge in [-0.1, -0.05) is 30.3 Å². The molecule has 1 aliphatic rings. The van der Waals surface area contributed by atoms with E-state index in [0.29, 0.717) is 6.61 Å². The second kappa shape index (κ2) is 5.85. The van der Waals surface area contributed by atoms with E-state index in [0.717, 1.165) is 5.56 Å². The van der Waals surface area contributed by atoms with E-state index in [-0.39, 0.29) is 13.2 Å². The van der Waals surface area contributed by atoms with E-state index < -0.39 is 17.9 Å². The molecule has 1 heterocycles. The molecule has 100 valence electrons. The van der Waals surface area contributed by atoms with Gasteiger partial charge in [-0.15, -0.1) is 6.42 Å². The van der Waals surface area contributed by atoms with Gasteiger partial charge in [0.2, 0.25) is 0 Å². The van der Waals surface area contributed by atoms with Crippen LogP contribution in [0.4, 0.5) is 0 Å². The smallest absolute Gasteiger partial charge is 0.335 e. The Labute approximate surface area is 111 Å². The molecule has 19 heavy (non-hydrogen) atoms. The van der Waals surface area contributed by atoms with Gasteiger partial charge >= 0.3 is 5.97 Å². The summed E-state index contributed by atoms with van der Waals surface area (Å²) in [5, 5.41) is 8.83. The Morgan fingerprint density at radius 1 is 1.53 bits per heavy atom. The average molecular weight is 262 g/mol. The highest BCUT2D eigenvalue weighted by molar-refractivity contribution is 5.72. The van der Waals surface area contributed by atoms with E-state index in [2.05, 4.69) is 5.92 Å². The number of carbonyl (C=O) groups is 1. The van der Waals surface area contributed by atoms with Crippen LogP contribution in [0.1, 0.15) is 5.56 Å². The summed E-state index contributed by atoms with van der Waals surface area (Å²) in [7, 11) is 0. The van der Waals surface area contributed by atoms with Crippen LogP contribution in [0.3, 0.4) is 0 Å². The Balaban J connectivity index is 1.87. The van der Waals surface area contributed by atoms with Gasteiger partial charge < -0.3 is 19.3 Å². The lowest BCUT2D eigenvalue weighted by molar-refractivity contribution is -0.175. The summed E-state index contributed by atoms with van der Waals surface area (Å²) in [5.41, 5.74) is 0.988. The molecule has 1 N–H and O–H groups in total. The van der Waals surface area contributed by atoms with Gasteiger partial charge in [-0.2, -0.15) is 0 Å². The minimum atomic E-state index is -1.40. The van der Waals surface area contributed by atoms with Crippen LogP contribution in [0.25, 0.3) is 0 Å². The molecule has 0 radical (unpaired) electrons. The quantitative estimate of drug-likeness (QED) is 0.803. The fourth-order valence-corrected chi connectivity index (χ4v) is 1.70. The van der Waals surface area contributed by atoms with Crippen molar-refractivity contribution in [1.82, 2.24) is 0 Å². The number of rotatable bonds is 5. The van der Waals surface area contributed by atoms with Gasteiger partial charge in [0.25, 0.3) is 5.79 Å². The summed E-state index contributed by atoms with van der Waals surface area (Å²) >= 11 is 0. The Kier molecular flexibility index (Phi) is 4.17. The first-order valence-electron chi connectivity index (χ1n) is 5.79. The maximum Gasteiger partial charge on any atom is 0.335 e. The summed E-state index contributed by atoms with van der Waals surface area (Å²) in [6, 6.07) is 9.54. The first-order valence-corrected chi connectivity index (χ1v) is 5.79. The van der Waals surface area contributed by atoms with Crippen LogP contribution >= 0.6 is 0 Å². The normalized spacial score (nSPS) is 25.9. The number of benzene rings is 1. The van der Waals surface area contributed by atoms with Crippen molar-refractivity contribution in [1.29, 1.82) is 0 Å². The molecular formula is C14H14O5. The van der Waals surface area contributed by atoms with Gasteiger partial charge in [-0.25, -0.2) is 4.79 Å². The van der Waals surface area contributed by atoms with Gasteiger partial charge in [0, 0.05) is 0 Å². The zero-order valence-electron chi connectivity index (χ0n) is 10.2. The number of aliphatic carboxylic acids is 1. The van der Waals surface area contributed by atoms with Gasteiger partial charge in [-0.3, -0.25) is 0 Å². The van der Waals surface area contributed by atoms with Crippen LogP contribution in [-0.2, 0) is 25.6 Å². The number of hydrogen-bond donors (Lipinski definition) is 1. The van der Waals surface area contributed by atoms with Crippen LogP contribution in [-0.4, -0.2) is 36.2 Å². The van der Waals surface area contributed by atoms with Gasteiger partial charge in [0.15, 0.2) is 6.10 Å². The number of terminal acetylenes is 1. The van der Waals surface area contributed by atoms with E-state index >= 15 is 0 Å². The molecule has 5 heteroatoms. The highest BCUT2D eigenvalue weighted by Gasteiger charge is 2.43. The standard InChI is InChI=1S/C14H14O5/c1-2-14(18-9-12(19-14)13(15)16)10-17-8-11-6-4-3-5-7-11/h1,3-7,12H,8-10H2,(H,15,16)/t12-,14-/m1/s1. The SMILES string of the molecule is C#C[C@@]1(COCc2ccccc2)OC[C@H](C(=O)O)O1. The molecule has 1 aromatic carbocycles. The maximum absolute atomic E-state index is 10.8. The van der Waals surface area contributed by atoms with Gasteiger partial charge in [0.1, 0.15) is 6.61 Å². The molecule has 2 rings (SSSR count). The molecule has 5 nitrogen and oxygen atoms in total. The van der Waals surface area contributed by atoms with Crippen molar-refractivity contribution in [3.63, 3.8) is 0 Å². The van der Waals surface area contributed by atoms with Crippen molar-refractivity contribution in [2.45, 2.75) is 18.5 Å². The molecule has 1 aliphatic heterocycles. The van der Waals surface area contributed by atoms with E-state index in [1.807, 2.05) is 30.3 Å². The van der Waals surface area contributed by atoms with Crippen molar-refractivity contribution in [2.75, 3.05) is 13.2 Å². The highest BCUT2D eigenvalue weighted by Crippen LogP contribution is 2.24. The summed E-state index contributed by atoms with van der Waals surface area (Å²) in [6.45, 7) is 0.269. The lowest BCUT2D eigenvalue weighted by atomic mass is 10.2. The molecule has 0 saturated carbocycles. The molecule has 0 aliphatic carbocycles. The lowest BCUT2D eigenvalue weighted by Crippen LogP contribution is -2.36. The molecule has 0 aromatic heterocycles. The molecule has 1 saturated heterocycles. The van der Waals surface area contributed by atoms with Crippen LogP contribution in [0.2, 0.25) is 0 Å². The third kappa shape index (κ3) is 3.32. The topological polar surface area (TPSA) is 65.0 Å². The van der Waals surface area contributed by atoms with E-state index in [1.54, 1.807) is 0 Å². The predicted octanol–water partition coefficient (Wildman–Crippen LogP) is 1.03. The molecule has 0 amide bonds. The fraction of sp³-hybridized carbons (Fsp3) is 0.357. The second-order valence-electron chi connectivity index (χ2n) is 4.13. The van der Waals surface area contributed by atoms with Crippen LogP contribution in [0.5, 0.6) is 0 Å². The number of carboxylic acid groups (broad SMARTS) is 1. The van der Waals surface area contributed by atoms with Gasteiger partial charge in [0.05, 0.1) is 13.2 Å². The predicted molar refractivity (Wildman–Crippen MR) is 66.1 cm³/mol. The number of carboxylic acids is 1. The second-order valence-corrected chi connectivity index (χ2v) is 4.13. The van der Waals surface area contributed by atoms with Crippen LogP contribution in [0.15, 0.2) is 30.3 Å². The summed E-state index contributed by atoms with van der Waals surface area (Å²) < 4.78 is 15.9. The van der Waals surface area contributed by atoms with Crippen molar-refractivity contribution >= 4 is 5.97 Å².